The van der Waals surface area contributed by atoms with Crippen LogP contribution in [-0.4, -0.2) is 96.7 Å². The Bertz CT molecular complexity index is 2580. The zero-order chi connectivity index (χ0) is 77.4. The summed E-state index contributed by atoms with van der Waals surface area (Å²) >= 11 is 0. The third kappa shape index (κ3) is 77.1. The molecule has 19 heteroatoms. The standard InChI is InChI=1S/C87H146O17P2/c1-5-9-13-17-21-25-29-33-37-40-44-47-51-55-59-63-67-71-84(89)97-77-82(103-86(91)73-69-65-61-57-53-49-43-36-32-28-24-20-16-12-8-4)79-101-105(93,94)99-75-81(88)76-100-106(95,96)102-80-83(104-87(92)74-70-66-62-58-54-50-46-42-39-35-31-27-23-19-15-11-7-3)78-98-85(90)72-68-64-60-56-52-48-45-41-38-34-30-26-22-18-14-10-6-2/h9-11,13-15,21-23,25-27,33-35,37-39,44-48,50,81-83,88H,5-8,12,16-20,24,28-32,36,40-43,49,51-80H2,1-4H3,(H,93,94)(H,95,96)/b13-9-,14-10-,15-11-,25-21-,26-22-,27-23-,37-33-,38-34-,39-35-,47-44-,48-45-,50-46-. The summed E-state index contributed by atoms with van der Waals surface area (Å²) in [5.74, 6) is -2.25. The number of phosphoric acid groups is 2. The number of carbonyl (C=O) groups is 4. The zero-order valence-corrected chi connectivity index (χ0v) is 68.1. The molecule has 0 rings (SSSR count). The monoisotopic (exact) mass is 1530 g/mol. The molecule has 0 saturated carbocycles. The van der Waals surface area contributed by atoms with Gasteiger partial charge in [0.2, 0.25) is 0 Å². The van der Waals surface area contributed by atoms with Crippen molar-refractivity contribution in [3.8, 4) is 0 Å². The maximum atomic E-state index is 13.1. The van der Waals surface area contributed by atoms with Crippen LogP contribution >= 0.6 is 15.6 Å². The van der Waals surface area contributed by atoms with E-state index in [1.165, 1.54) is 64.2 Å². The van der Waals surface area contributed by atoms with Crippen LogP contribution in [0.5, 0.6) is 0 Å². The molecule has 0 aromatic rings. The fourth-order valence-electron chi connectivity index (χ4n) is 10.7. The summed E-state index contributed by atoms with van der Waals surface area (Å²) in [6.07, 6.45) is 89.6. The normalized spacial score (nSPS) is 14.6. The highest BCUT2D eigenvalue weighted by molar-refractivity contribution is 7.47. The highest BCUT2D eigenvalue weighted by Gasteiger charge is 2.30. The van der Waals surface area contributed by atoms with E-state index in [0.29, 0.717) is 25.7 Å². The second kappa shape index (κ2) is 78.1. The Balaban J connectivity index is 5.44. The maximum Gasteiger partial charge on any atom is 0.472 e. The van der Waals surface area contributed by atoms with Gasteiger partial charge >= 0.3 is 39.5 Å². The van der Waals surface area contributed by atoms with Gasteiger partial charge in [-0.15, -0.1) is 0 Å². The summed E-state index contributed by atoms with van der Waals surface area (Å²) in [5, 5.41) is 10.7. The second-order valence-electron chi connectivity index (χ2n) is 26.9. The van der Waals surface area contributed by atoms with Crippen LogP contribution in [0.15, 0.2) is 146 Å². The SMILES string of the molecule is CC/C=C\C/C=C\C/C=C\C/C=C\CCCCCCC(=O)OCC(COP(=O)(O)OCC(O)COP(=O)(O)OCC(COC(=O)CCCCCC/C=C\C/C=C\C/C=C\C/C=C\CC)OC(=O)CCCCCCCCCCCCCCCCC)OC(=O)CCCCCC/C=C\C/C=C\C/C=C\C/C=C\CC. The van der Waals surface area contributed by atoms with Crippen LogP contribution in [0, 0.1) is 0 Å². The fraction of sp³-hybridized carbons (Fsp3) is 0.678. The molecule has 0 aromatic heterocycles. The Labute approximate surface area is 643 Å². The summed E-state index contributed by atoms with van der Waals surface area (Å²) in [6.45, 7) is 4.48. The molecule has 17 nitrogen and oxygen atoms in total. The number of hydrogen-bond donors (Lipinski definition) is 3. The number of unbranched alkanes of at least 4 members (excludes halogenated alkanes) is 26. The first-order chi connectivity index (χ1) is 51.7. The molecule has 0 aromatic carbocycles. The minimum absolute atomic E-state index is 0.0569. The minimum Gasteiger partial charge on any atom is -0.462 e. The Kier molecular flexibility index (Phi) is 74.3. The molecule has 0 aliphatic carbocycles. The molecule has 0 aliphatic heterocycles. The number of hydrogen-bond acceptors (Lipinski definition) is 15. The summed E-state index contributed by atoms with van der Waals surface area (Å²) in [5.41, 5.74) is 0. The zero-order valence-electron chi connectivity index (χ0n) is 66.3. The number of ether oxygens (including phenoxy) is 4. The van der Waals surface area contributed by atoms with Gasteiger partial charge in [-0.2, -0.15) is 0 Å². The number of rotatable bonds is 76. The van der Waals surface area contributed by atoms with Crippen molar-refractivity contribution in [1.29, 1.82) is 0 Å². The van der Waals surface area contributed by atoms with Gasteiger partial charge in [-0.1, -0.05) is 302 Å². The maximum absolute atomic E-state index is 13.1. The Morgan fingerprint density at radius 3 is 0.755 bits per heavy atom. The van der Waals surface area contributed by atoms with Gasteiger partial charge in [-0.3, -0.25) is 37.3 Å². The molecule has 0 bridgehead atoms. The Morgan fingerprint density at radius 1 is 0.274 bits per heavy atom. The van der Waals surface area contributed by atoms with Crippen molar-refractivity contribution in [2.45, 2.75) is 341 Å². The van der Waals surface area contributed by atoms with Crippen molar-refractivity contribution < 1.29 is 80.2 Å². The average molecular weight is 1530 g/mol. The third-order valence-electron chi connectivity index (χ3n) is 16.8. The fourth-order valence-corrected chi connectivity index (χ4v) is 12.2. The van der Waals surface area contributed by atoms with E-state index in [2.05, 4.69) is 174 Å². The average Bonchev–Trinajstić information content (AvgIpc) is 0.902. The van der Waals surface area contributed by atoms with Gasteiger partial charge < -0.3 is 33.8 Å². The quantitative estimate of drug-likeness (QED) is 0.0169. The summed E-state index contributed by atoms with van der Waals surface area (Å²) in [7, 11) is -9.99. The summed E-state index contributed by atoms with van der Waals surface area (Å²) < 4.78 is 68.7. The molecule has 0 spiro atoms. The van der Waals surface area contributed by atoms with E-state index in [4.69, 9.17) is 37.0 Å². The lowest BCUT2D eigenvalue weighted by Gasteiger charge is -2.21. The van der Waals surface area contributed by atoms with Gasteiger partial charge in [0.15, 0.2) is 12.2 Å². The predicted octanol–water partition coefficient (Wildman–Crippen LogP) is 24.2. The van der Waals surface area contributed by atoms with E-state index in [9.17, 15) is 43.2 Å². The first-order valence-corrected chi connectivity index (χ1v) is 44.1. The molecule has 3 N–H and O–H groups in total. The third-order valence-corrected chi connectivity index (χ3v) is 18.7. The van der Waals surface area contributed by atoms with Crippen molar-refractivity contribution in [2.75, 3.05) is 39.6 Å². The van der Waals surface area contributed by atoms with Crippen LogP contribution in [0.25, 0.3) is 0 Å². The Morgan fingerprint density at radius 2 is 0.491 bits per heavy atom. The molecule has 606 valence electrons. The highest BCUT2D eigenvalue weighted by Crippen LogP contribution is 2.45. The van der Waals surface area contributed by atoms with Crippen molar-refractivity contribution in [2.24, 2.45) is 0 Å². The smallest absolute Gasteiger partial charge is 0.462 e. The molecule has 0 fully saturated rings. The van der Waals surface area contributed by atoms with Crippen molar-refractivity contribution in [3.05, 3.63) is 146 Å². The molecule has 5 atom stereocenters. The van der Waals surface area contributed by atoms with E-state index < -0.39 is 97.5 Å². The number of allylic oxidation sites excluding steroid dienone is 24. The molecule has 0 saturated heterocycles. The number of phosphoric ester groups is 2. The van der Waals surface area contributed by atoms with Crippen LogP contribution in [0.1, 0.15) is 323 Å². The van der Waals surface area contributed by atoms with Crippen LogP contribution in [-0.2, 0) is 65.4 Å². The lowest BCUT2D eigenvalue weighted by atomic mass is 10.0. The van der Waals surface area contributed by atoms with Crippen LogP contribution in [0.3, 0.4) is 0 Å². The van der Waals surface area contributed by atoms with Gasteiger partial charge in [0.1, 0.15) is 19.3 Å². The lowest BCUT2D eigenvalue weighted by molar-refractivity contribution is -0.161. The second-order valence-corrected chi connectivity index (χ2v) is 29.8. The molecular weight excluding hydrogens is 1380 g/mol. The first kappa shape index (κ1) is 101. The van der Waals surface area contributed by atoms with Crippen LogP contribution in [0.2, 0.25) is 0 Å². The van der Waals surface area contributed by atoms with E-state index in [0.717, 1.165) is 180 Å². The number of esters is 4. The molecule has 106 heavy (non-hydrogen) atoms. The van der Waals surface area contributed by atoms with Gasteiger partial charge in [0.05, 0.1) is 26.4 Å². The van der Waals surface area contributed by atoms with Gasteiger partial charge in [-0.05, 0) is 141 Å². The molecule has 0 radical (unpaired) electrons. The van der Waals surface area contributed by atoms with Crippen LogP contribution < -0.4 is 0 Å². The lowest BCUT2D eigenvalue weighted by Crippen LogP contribution is -2.30. The summed E-state index contributed by atoms with van der Waals surface area (Å²) in [4.78, 5) is 73.1. The van der Waals surface area contributed by atoms with Crippen LogP contribution in [0.4, 0.5) is 0 Å². The minimum atomic E-state index is -5.00. The van der Waals surface area contributed by atoms with E-state index in [1.807, 2.05) is 0 Å². The molecule has 0 aliphatic rings. The molecule has 0 amide bonds. The van der Waals surface area contributed by atoms with E-state index in [-0.39, 0.29) is 25.7 Å². The Hall–Kier alpha value is -5.06. The van der Waals surface area contributed by atoms with Crippen molar-refractivity contribution in [1.82, 2.24) is 0 Å². The number of aliphatic hydroxyl groups is 1. The molecule has 5 unspecified atom stereocenters. The number of carbonyl (C=O) groups excluding carboxylic acids is 4. The van der Waals surface area contributed by atoms with Gasteiger partial charge in [0, 0.05) is 25.7 Å². The van der Waals surface area contributed by atoms with Crippen molar-refractivity contribution in [3.63, 3.8) is 0 Å². The largest absolute Gasteiger partial charge is 0.472 e. The molecular formula is C87H146O17P2. The van der Waals surface area contributed by atoms with Gasteiger partial charge in [0.25, 0.3) is 0 Å². The summed E-state index contributed by atoms with van der Waals surface area (Å²) in [6, 6.07) is 0. The number of aliphatic hydroxyl groups excluding tert-OH is 1. The first-order valence-electron chi connectivity index (χ1n) is 41.1. The topological polar surface area (TPSA) is 237 Å². The van der Waals surface area contributed by atoms with Crippen molar-refractivity contribution >= 4 is 39.5 Å². The van der Waals surface area contributed by atoms with E-state index in [1.54, 1.807) is 0 Å². The molecule has 0 heterocycles. The van der Waals surface area contributed by atoms with E-state index >= 15 is 0 Å². The predicted molar refractivity (Wildman–Crippen MR) is 436 cm³/mol. The van der Waals surface area contributed by atoms with Gasteiger partial charge in [-0.25, -0.2) is 9.13 Å². The highest BCUT2D eigenvalue weighted by atomic mass is 31.2.